The van der Waals surface area contributed by atoms with Crippen molar-refractivity contribution in [1.29, 1.82) is 0 Å². The predicted molar refractivity (Wildman–Crippen MR) is 87.9 cm³/mol. The molecular weight excluding hydrogens is 322 g/mol. The summed E-state index contributed by atoms with van der Waals surface area (Å²) in [5.74, 6) is 0.258. The van der Waals surface area contributed by atoms with Crippen molar-refractivity contribution in [2.45, 2.75) is 24.7 Å². The van der Waals surface area contributed by atoms with E-state index in [-0.39, 0.29) is 16.6 Å². The van der Waals surface area contributed by atoms with Crippen LogP contribution in [0.25, 0.3) is 0 Å². The van der Waals surface area contributed by atoms with Crippen LogP contribution in [0, 0.1) is 0 Å². The zero-order valence-electron chi connectivity index (χ0n) is 12.5. The molecule has 116 valence electrons. The molecule has 0 fully saturated rings. The summed E-state index contributed by atoms with van der Waals surface area (Å²) >= 11 is 6.00. The Bertz CT molecular complexity index is 717. The Morgan fingerprint density at radius 3 is 2.45 bits per heavy atom. The van der Waals surface area contributed by atoms with Crippen molar-refractivity contribution in [2.24, 2.45) is 0 Å². The summed E-state index contributed by atoms with van der Waals surface area (Å²) < 4.78 is 11.3. The second-order valence-electron chi connectivity index (χ2n) is 5.01. The smallest absolute Gasteiger partial charge is 0.275 e. The summed E-state index contributed by atoms with van der Waals surface area (Å²) in [4.78, 5) is 21.3. The quantitative estimate of drug-likeness (QED) is 0.929. The van der Waals surface area contributed by atoms with Crippen LogP contribution in [0.3, 0.4) is 0 Å². The molecule has 0 radical (unpaired) electrons. The molecule has 0 spiro atoms. The Labute approximate surface area is 136 Å². The van der Waals surface area contributed by atoms with Crippen LogP contribution in [0.4, 0.5) is 5.69 Å². The van der Waals surface area contributed by atoms with Crippen LogP contribution in [0.1, 0.15) is 36.1 Å². The van der Waals surface area contributed by atoms with Crippen molar-refractivity contribution < 1.29 is 9.00 Å². The first-order valence-electron chi connectivity index (χ1n) is 6.65. The first-order valence-corrected chi connectivity index (χ1v) is 8.59. The zero-order valence-corrected chi connectivity index (χ0v) is 14.0. The number of nitrogens with zero attached hydrogens (tertiary/aromatic N) is 2. The maximum Gasteiger partial charge on any atom is 0.275 e. The highest BCUT2D eigenvalue weighted by atomic mass is 35.5. The van der Waals surface area contributed by atoms with E-state index < -0.39 is 16.7 Å². The van der Waals surface area contributed by atoms with Crippen LogP contribution in [-0.2, 0) is 10.8 Å². The van der Waals surface area contributed by atoms with E-state index >= 15 is 0 Å². The molecule has 2 rings (SSSR count). The highest BCUT2D eigenvalue weighted by Gasteiger charge is 2.15. The average molecular weight is 338 g/mol. The fraction of sp³-hybridized carbons (Fsp3) is 0.267. The molecule has 22 heavy (non-hydrogen) atoms. The Morgan fingerprint density at radius 2 is 1.91 bits per heavy atom. The highest BCUT2D eigenvalue weighted by molar-refractivity contribution is 7.84. The van der Waals surface area contributed by atoms with E-state index in [4.69, 9.17) is 11.6 Å². The minimum atomic E-state index is -1.05. The number of rotatable bonds is 4. The van der Waals surface area contributed by atoms with E-state index in [0.717, 1.165) is 0 Å². The number of halogens is 1. The molecule has 0 bridgehead atoms. The molecule has 0 saturated carbocycles. The molecule has 0 aliphatic heterocycles. The van der Waals surface area contributed by atoms with Gasteiger partial charge in [-0.1, -0.05) is 25.4 Å². The Balaban J connectivity index is 2.21. The molecule has 0 aliphatic rings. The van der Waals surface area contributed by atoms with Gasteiger partial charge < -0.3 is 5.32 Å². The normalized spacial score (nSPS) is 12.2. The number of carbonyl (C=O) groups is 1. The van der Waals surface area contributed by atoms with Gasteiger partial charge in [0.1, 0.15) is 5.82 Å². The van der Waals surface area contributed by atoms with Gasteiger partial charge in [0.05, 0.1) is 11.2 Å². The molecular formula is C15H16ClN3O2S. The number of hydrogen-bond acceptors (Lipinski definition) is 4. The lowest BCUT2D eigenvalue weighted by atomic mass is 10.2. The van der Waals surface area contributed by atoms with E-state index in [2.05, 4.69) is 15.3 Å². The molecule has 1 N–H and O–H groups in total. The van der Waals surface area contributed by atoms with Crippen molar-refractivity contribution in [1.82, 2.24) is 9.97 Å². The number of nitrogens with one attached hydrogen (secondary N) is 1. The van der Waals surface area contributed by atoms with Crippen molar-refractivity contribution >= 4 is 34.0 Å². The largest absolute Gasteiger partial charge is 0.321 e. The van der Waals surface area contributed by atoms with Crippen LogP contribution in [0.5, 0.6) is 0 Å². The summed E-state index contributed by atoms with van der Waals surface area (Å²) in [6.07, 6.45) is 3.03. The molecule has 0 aliphatic carbocycles. The average Bonchev–Trinajstić information content (AvgIpc) is 2.47. The molecule has 5 nitrogen and oxygen atoms in total. The maximum absolute atomic E-state index is 12.3. The predicted octanol–water partition coefficient (Wildman–Crippen LogP) is 3.24. The number of hydrogen-bond donors (Lipinski definition) is 1. The third-order valence-corrected chi connectivity index (χ3v) is 4.15. The van der Waals surface area contributed by atoms with Gasteiger partial charge in [-0.25, -0.2) is 9.97 Å². The van der Waals surface area contributed by atoms with Gasteiger partial charge in [-0.3, -0.25) is 9.00 Å². The third-order valence-electron chi connectivity index (χ3n) is 2.94. The third kappa shape index (κ3) is 3.90. The van der Waals surface area contributed by atoms with Crippen LogP contribution >= 0.6 is 11.6 Å². The fourth-order valence-electron chi connectivity index (χ4n) is 1.74. The lowest BCUT2D eigenvalue weighted by Crippen LogP contribution is -2.16. The molecule has 2 aromatic rings. The van der Waals surface area contributed by atoms with Gasteiger partial charge in [0, 0.05) is 33.6 Å². The fourth-order valence-corrected chi connectivity index (χ4v) is 2.43. The van der Waals surface area contributed by atoms with Crippen LogP contribution in [0.2, 0.25) is 5.02 Å². The Hall–Kier alpha value is -1.79. The molecule has 1 heterocycles. The van der Waals surface area contributed by atoms with Gasteiger partial charge >= 0.3 is 0 Å². The van der Waals surface area contributed by atoms with Gasteiger partial charge in [-0.05, 0) is 24.3 Å². The standard InChI is InChI=1S/C15H16ClN3O2S/c1-9(2)14-17-8-12(16)13(19-14)15(20)18-10-4-6-11(7-5-10)22(3)21/h4-9H,1-3H3,(H,18,20). The van der Waals surface area contributed by atoms with Gasteiger partial charge in [0.15, 0.2) is 5.69 Å². The van der Waals surface area contributed by atoms with Crippen molar-refractivity contribution in [3.63, 3.8) is 0 Å². The molecule has 1 amide bonds. The maximum atomic E-state index is 12.3. The second kappa shape index (κ2) is 6.98. The lowest BCUT2D eigenvalue weighted by molar-refractivity contribution is 0.102. The molecule has 1 unspecified atom stereocenters. The summed E-state index contributed by atoms with van der Waals surface area (Å²) in [7, 11) is -1.05. The number of amides is 1. The van der Waals surface area contributed by atoms with E-state index in [1.807, 2.05) is 13.8 Å². The van der Waals surface area contributed by atoms with E-state index in [1.165, 1.54) is 6.20 Å². The van der Waals surface area contributed by atoms with Gasteiger partial charge in [-0.15, -0.1) is 0 Å². The van der Waals surface area contributed by atoms with E-state index in [0.29, 0.717) is 16.4 Å². The number of carbonyl (C=O) groups excluding carboxylic acids is 1. The SMILES string of the molecule is CC(C)c1ncc(Cl)c(C(=O)Nc2ccc(S(C)=O)cc2)n1. The topological polar surface area (TPSA) is 72.0 Å². The minimum Gasteiger partial charge on any atom is -0.321 e. The number of benzene rings is 1. The zero-order chi connectivity index (χ0) is 16.3. The summed E-state index contributed by atoms with van der Waals surface area (Å²) in [6.45, 7) is 3.88. The van der Waals surface area contributed by atoms with Crippen LogP contribution < -0.4 is 5.32 Å². The van der Waals surface area contributed by atoms with Gasteiger partial charge in [-0.2, -0.15) is 0 Å². The molecule has 1 atom stereocenters. The van der Waals surface area contributed by atoms with Crippen molar-refractivity contribution in [3.05, 3.63) is 47.0 Å². The number of aromatic nitrogens is 2. The Kier molecular flexibility index (Phi) is 5.26. The van der Waals surface area contributed by atoms with Crippen molar-refractivity contribution in [3.8, 4) is 0 Å². The lowest BCUT2D eigenvalue weighted by Gasteiger charge is -2.09. The molecule has 1 aromatic carbocycles. The molecule has 0 saturated heterocycles. The first kappa shape index (κ1) is 16.6. The van der Waals surface area contributed by atoms with Crippen LogP contribution in [0.15, 0.2) is 35.4 Å². The van der Waals surface area contributed by atoms with Crippen molar-refractivity contribution in [2.75, 3.05) is 11.6 Å². The Morgan fingerprint density at radius 1 is 1.27 bits per heavy atom. The van der Waals surface area contributed by atoms with E-state index in [1.54, 1.807) is 30.5 Å². The second-order valence-corrected chi connectivity index (χ2v) is 6.80. The summed E-state index contributed by atoms with van der Waals surface area (Å²) in [5.41, 5.74) is 0.725. The van der Waals surface area contributed by atoms with E-state index in [9.17, 15) is 9.00 Å². The summed E-state index contributed by atoms with van der Waals surface area (Å²) in [6, 6.07) is 6.78. The van der Waals surface area contributed by atoms with Crippen LogP contribution in [-0.4, -0.2) is 26.3 Å². The van der Waals surface area contributed by atoms with Gasteiger partial charge in [0.25, 0.3) is 5.91 Å². The molecule has 1 aromatic heterocycles. The molecule has 7 heteroatoms. The minimum absolute atomic E-state index is 0.0997. The monoisotopic (exact) mass is 337 g/mol. The first-order chi connectivity index (χ1) is 10.4. The van der Waals surface area contributed by atoms with Gasteiger partial charge in [0.2, 0.25) is 0 Å². The highest BCUT2D eigenvalue weighted by Crippen LogP contribution is 2.18. The summed E-state index contributed by atoms with van der Waals surface area (Å²) in [5, 5.41) is 2.92. The number of anilines is 1.